The fraction of sp³-hybridized carbons (Fsp3) is 0.435. The summed E-state index contributed by atoms with van der Waals surface area (Å²) in [5.74, 6) is 0.216. The van der Waals surface area contributed by atoms with Crippen LogP contribution in [0.2, 0.25) is 0 Å². The van der Waals surface area contributed by atoms with Crippen molar-refractivity contribution in [2.24, 2.45) is 0 Å². The SMILES string of the molecule is O=C(Nc1cc(C(F)(F)F)cc(C(F)(F)F)c1)N1CC(N2CCN(Cc3cccc(O)c3)CC2)C1. The first-order chi connectivity index (χ1) is 16.4. The summed E-state index contributed by atoms with van der Waals surface area (Å²) >= 11 is 0. The fourth-order valence-electron chi connectivity index (χ4n) is 4.28. The van der Waals surface area contributed by atoms with E-state index < -0.39 is 35.2 Å². The molecular weight excluding hydrogens is 478 g/mol. The van der Waals surface area contributed by atoms with E-state index in [1.54, 1.807) is 18.2 Å². The lowest BCUT2D eigenvalue weighted by atomic mass is 10.1. The fourth-order valence-corrected chi connectivity index (χ4v) is 4.28. The molecule has 0 unspecified atom stereocenters. The normalized spacial score (nSPS) is 18.4. The van der Waals surface area contributed by atoms with Gasteiger partial charge in [-0.25, -0.2) is 4.79 Å². The second kappa shape index (κ2) is 9.57. The smallest absolute Gasteiger partial charge is 0.416 e. The lowest BCUT2D eigenvalue weighted by molar-refractivity contribution is -0.143. The van der Waals surface area contributed by atoms with Crippen molar-refractivity contribution in [3.8, 4) is 5.75 Å². The third-order valence-corrected chi connectivity index (χ3v) is 6.23. The predicted molar refractivity (Wildman–Crippen MR) is 116 cm³/mol. The number of hydrogen-bond donors (Lipinski definition) is 2. The highest BCUT2D eigenvalue weighted by Crippen LogP contribution is 2.37. The van der Waals surface area contributed by atoms with E-state index in [0.717, 1.165) is 31.7 Å². The van der Waals surface area contributed by atoms with Gasteiger partial charge in [-0.2, -0.15) is 26.3 Å². The first-order valence-electron chi connectivity index (χ1n) is 11.0. The van der Waals surface area contributed by atoms with Crippen molar-refractivity contribution in [3.63, 3.8) is 0 Å². The topological polar surface area (TPSA) is 59.1 Å². The van der Waals surface area contributed by atoms with Crippen molar-refractivity contribution in [2.75, 3.05) is 44.6 Å². The van der Waals surface area contributed by atoms with Crippen LogP contribution in [0, 0.1) is 0 Å². The van der Waals surface area contributed by atoms with Crippen molar-refractivity contribution < 1.29 is 36.2 Å². The number of hydrogen-bond acceptors (Lipinski definition) is 4. The van der Waals surface area contributed by atoms with E-state index in [9.17, 15) is 36.2 Å². The van der Waals surface area contributed by atoms with Crippen LogP contribution in [-0.2, 0) is 18.9 Å². The maximum Gasteiger partial charge on any atom is 0.416 e. The molecule has 2 aliphatic rings. The van der Waals surface area contributed by atoms with E-state index in [1.807, 2.05) is 6.07 Å². The number of rotatable bonds is 4. The molecule has 2 N–H and O–H groups in total. The molecule has 0 spiro atoms. The second-order valence-corrected chi connectivity index (χ2v) is 8.77. The Balaban J connectivity index is 1.28. The molecule has 4 rings (SSSR count). The first kappa shape index (κ1) is 25.1. The van der Waals surface area contributed by atoms with Crippen molar-refractivity contribution in [1.82, 2.24) is 14.7 Å². The number of benzene rings is 2. The molecule has 2 aliphatic heterocycles. The van der Waals surface area contributed by atoms with Gasteiger partial charge in [0.15, 0.2) is 0 Å². The average Bonchev–Trinajstić information content (AvgIpc) is 2.72. The first-order valence-corrected chi connectivity index (χ1v) is 11.0. The third-order valence-electron chi connectivity index (χ3n) is 6.23. The van der Waals surface area contributed by atoms with Crippen LogP contribution < -0.4 is 5.32 Å². The van der Waals surface area contributed by atoms with Gasteiger partial charge in [0, 0.05) is 57.5 Å². The molecule has 2 heterocycles. The number of phenols is 1. The number of phenolic OH excluding ortho intramolecular Hbond substituents is 1. The number of likely N-dealkylation sites (tertiary alicyclic amines) is 1. The number of carbonyl (C=O) groups is 1. The van der Waals surface area contributed by atoms with E-state index >= 15 is 0 Å². The zero-order valence-electron chi connectivity index (χ0n) is 18.5. The summed E-state index contributed by atoms with van der Waals surface area (Å²) in [4.78, 5) is 18.3. The number of aromatic hydroxyl groups is 1. The molecule has 2 amide bonds. The van der Waals surface area contributed by atoms with E-state index in [-0.39, 0.29) is 17.9 Å². The van der Waals surface area contributed by atoms with Crippen LogP contribution in [0.3, 0.4) is 0 Å². The highest BCUT2D eigenvalue weighted by molar-refractivity contribution is 5.90. The molecule has 0 aliphatic carbocycles. The quantitative estimate of drug-likeness (QED) is 0.607. The zero-order valence-corrected chi connectivity index (χ0v) is 18.5. The largest absolute Gasteiger partial charge is 0.508 e. The predicted octanol–water partition coefficient (Wildman–Crippen LogP) is 4.46. The minimum atomic E-state index is -4.98. The van der Waals surface area contributed by atoms with Gasteiger partial charge >= 0.3 is 18.4 Å². The van der Waals surface area contributed by atoms with Crippen LogP contribution in [0.4, 0.5) is 36.8 Å². The van der Waals surface area contributed by atoms with Gasteiger partial charge in [0.25, 0.3) is 0 Å². The van der Waals surface area contributed by atoms with Gasteiger partial charge in [-0.1, -0.05) is 12.1 Å². The number of urea groups is 1. The maximum absolute atomic E-state index is 13.0. The maximum atomic E-state index is 13.0. The Morgan fingerprint density at radius 2 is 1.51 bits per heavy atom. The van der Waals surface area contributed by atoms with Crippen LogP contribution in [-0.4, -0.2) is 71.1 Å². The number of anilines is 1. The molecule has 35 heavy (non-hydrogen) atoms. The Labute approximate surface area is 197 Å². The summed E-state index contributed by atoms with van der Waals surface area (Å²) in [7, 11) is 0. The van der Waals surface area contributed by atoms with E-state index in [4.69, 9.17) is 0 Å². The molecule has 0 saturated carbocycles. The van der Waals surface area contributed by atoms with Gasteiger partial charge in [-0.05, 0) is 35.9 Å². The molecule has 0 radical (unpaired) electrons. The molecule has 190 valence electrons. The number of amides is 2. The number of alkyl halides is 6. The van der Waals surface area contributed by atoms with E-state index in [1.165, 1.54) is 4.90 Å². The van der Waals surface area contributed by atoms with Crippen LogP contribution in [0.25, 0.3) is 0 Å². The molecule has 2 aromatic rings. The Hall–Kier alpha value is -2.99. The third kappa shape index (κ3) is 6.17. The molecular formula is C23H24F6N4O2. The molecule has 0 aromatic heterocycles. The highest BCUT2D eigenvalue weighted by atomic mass is 19.4. The molecule has 2 saturated heterocycles. The summed E-state index contributed by atoms with van der Waals surface area (Å²) in [6, 6.07) is 7.42. The number of nitrogens with zero attached hydrogens (tertiary/aromatic N) is 3. The highest BCUT2D eigenvalue weighted by Gasteiger charge is 2.39. The lowest BCUT2D eigenvalue weighted by Crippen LogP contribution is -2.64. The molecule has 2 aromatic carbocycles. The van der Waals surface area contributed by atoms with Crippen LogP contribution >= 0.6 is 0 Å². The second-order valence-electron chi connectivity index (χ2n) is 8.77. The van der Waals surface area contributed by atoms with Gasteiger partial charge in [0.05, 0.1) is 11.1 Å². The lowest BCUT2D eigenvalue weighted by Gasteiger charge is -2.48. The minimum Gasteiger partial charge on any atom is -0.508 e. The number of halogens is 6. The van der Waals surface area contributed by atoms with Crippen molar-refractivity contribution in [3.05, 3.63) is 59.2 Å². The van der Waals surface area contributed by atoms with Crippen molar-refractivity contribution in [1.29, 1.82) is 0 Å². The number of piperazine rings is 1. The van der Waals surface area contributed by atoms with Gasteiger partial charge in [-0.15, -0.1) is 0 Å². The molecule has 2 fully saturated rings. The summed E-state index contributed by atoms with van der Waals surface area (Å²) in [6.45, 7) is 4.50. The monoisotopic (exact) mass is 502 g/mol. The zero-order chi connectivity index (χ0) is 25.4. The van der Waals surface area contributed by atoms with Gasteiger partial charge < -0.3 is 15.3 Å². The van der Waals surface area contributed by atoms with Crippen molar-refractivity contribution in [2.45, 2.75) is 24.9 Å². The van der Waals surface area contributed by atoms with Crippen molar-refractivity contribution >= 4 is 11.7 Å². The summed E-state index contributed by atoms with van der Waals surface area (Å²) < 4.78 is 78.1. The molecule has 12 heteroatoms. The van der Waals surface area contributed by atoms with Gasteiger partial charge in [0.2, 0.25) is 0 Å². The van der Waals surface area contributed by atoms with Gasteiger partial charge in [0.1, 0.15) is 5.75 Å². The Morgan fingerprint density at radius 1 is 0.914 bits per heavy atom. The van der Waals surface area contributed by atoms with Crippen LogP contribution in [0.15, 0.2) is 42.5 Å². The Kier molecular flexibility index (Phi) is 6.87. The molecule has 0 bridgehead atoms. The average molecular weight is 502 g/mol. The Bertz CT molecular complexity index is 1030. The standard InChI is InChI=1S/C23H24F6N4O2/c24-22(25,26)16-9-17(23(27,28)29)11-18(10-16)30-21(35)33-13-19(14-33)32-6-4-31(5-7-32)12-15-2-1-3-20(34)8-15/h1-3,8-11,19,34H,4-7,12-14H2,(H,30,35). The summed E-state index contributed by atoms with van der Waals surface area (Å²) in [5, 5.41) is 11.8. The van der Waals surface area contributed by atoms with Gasteiger partial charge in [-0.3, -0.25) is 9.80 Å². The van der Waals surface area contributed by atoms with Crippen LogP contribution in [0.1, 0.15) is 16.7 Å². The summed E-state index contributed by atoms with van der Waals surface area (Å²) in [6.07, 6.45) is -9.96. The molecule has 6 nitrogen and oxygen atoms in total. The van der Waals surface area contributed by atoms with E-state index in [2.05, 4.69) is 15.1 Å². The van der Waals surface area contributed by atoms with E-state index in [0.29, 0.717) is 31.8 Å². The number of nitrogens with one attached hydrogen (secondary N) is 1. The minimum absolute atomic E-state index is 0.0233. The van der Waals surface area contributed by atoms with Crippen LogP contribution in [0.5, 0.6) is 5.75 Å². The summed E-state index contributed by atoms with van der Waals surface area (Å²) in [5.41, 5.74) is -2.50. The molecule has 0 atom stereocenters. The number of carbonyl (C=O) groups excluding carboxylic acids is 1. The Morgan fingerprint density at radius 3 is 2.06 bits per heavy atom.